The van der Waals surface area contributed by atoms with Crippen LogP contribution in [0.4, 0.5) is 5.95 Å². The molecule has 0 unspecified atom stereocenters. The van der Waals surface area contributed by atoms with Crippen LogP contribution in [0.15, 0.2) is 18.2 Å². The third kappa shape index (κ3) is 2.33. The normalized spacial score (nSPS) is 10.5. The monoisotopic (exact) mass is 231 g/mol. The van der Waals surface area contributed by atoms with Gasteiger partial charge in [0.2, 0.25) is 11.9 Å². The lowest BCUT2D eigenvalue weighted by Gasteiger charge is -1.96. The number of benzene rings is 1. The van der Waals surface area contributed by atoms with Gasteiger partial charge in [0.1, 0.15) is 0 Å². The Kier molecular flexibility index (Phi) is 2.91. The minimum absolute atomic E-state index is 0.0857. The molecule has 0 aliphatic heterocycles. The van der Waals surface area contributed by atoms with Gasteiger partial charge in [-0.2, -0.15) is 0 Å². The number of hydrogen-bond donors (Lipinski definition) is 2. The van der Waals surface area contributed by atoms with Gasteiger partial charge in [-0.3, -0.25) is 14.9 Å². The van der Waals surface area contributed by atoms with Crippen molar-refractivity contribution in [3.05, 3.63) is 23.8 Å². The third-order valence-electron chi connectivity index (χ3n) is 2.42. The number of aromatic nitrogens is 2. The molecule has 0 radical (unpaired) electrons. The van der Waals surface area contributed by atoms with Gasteiger partial charge in [0.15, 0.2) is 5.78 Å². The topological polar surface area (TPSA) is 74.8 Å². The quantitative estimate of drug-likeness (QED) is 0.794. The van der Waals surface area contributed by atoms with E-state index in [0.29, 0.717) is 17.9 Å². The molecular weight excluding hydrogens is 218 g/mol. The zero-order valence-corrected chi connectivity index (χ0v) is 9.70. The standard InChI is InChI=1S/C12H13N3O2/c1-3-11(17)8-4-5-9-10(6-8)15-12(14-9)13-7(2)16/h4-6H,3H2,1-2H3,(H2,13,14,15,16). The fourth-order valence-corrected chi connectivity index (χ4v) is 1.61. The molecule has 0 bridgehead atoms. The van der Waals surface area contributed by atoms with Crippen molar-refractivity contribution in [3.63, 3.8) is 0 Å². The Morgan fingerprint density at radius 3 is 2.82 bits per heavy atom. The summed E-state index contributed by atoms with van der Waals surface area (Å²) < 4.78 is 0. The van der Waals surface area contributed by atoms with Crippen molar-refractivity contribution in [1.29, 1.82) is 0 Å². The summed E-state index contributed by atoms with van der Waals surface area (Å²) in [5.41, 5.74) is 2.12. The minimum Gasteiger partial charge on any atom is -0.324 e. The Morgan fingerprint density at radius 1 is 1.41 bits per heavy atom. The number of ketones is 1. The summed E-state index contributed by atoms with van der Waals surface area (Å²) in [4.78, 5) is 29.6. The molecule has 0 saturated heterocycles. The molecule has 17 heavy (non-hydrogen) atoms. The molecule has 2 N–H and O–H groups in total. The van der Waals surface area contributed by atoms with Crippen LogP contribution >= 0.6 is 0 Å². The highest BCUT2D eigenvalue weighted by atomic mass is 16.1. The van der Waals surface area contributed by atoms with Gasteiger partial charge in [-0.25, -0.2) is 4.98 Å². The van der Waals surface area contributed by atoms with Gasteiger partial charge in [0.05, 0.1) is 11.0 Å². The Bertz CT molecular complexity index is 586. The first-order valence-electron chi connectivity index (χ1n) is 5.40. The molecular formula is C12H13N3O2. The summed E-state index contributed by atoms with van der Waals surface area (Å²) in [6.45, 7) is 3.24. The number of rotatable bonds is 3. The van der Waals surface area contributed by atoms with Crippen LogP contribution in [-0.2, 0) is 4.79 Å². The number of aromatic amines is 1. The van der Waals surface area contributed by atoms with E-state index in [0.717, 1.165) is 11.0 Å². The second kappa shape index (κ2) is 4.37. The Morgan fingerprint density at radius 2 is 2.18 bits per heavy atom. The highest BCUT2D eigenvalue weighted by molar-refractivity contribution is 5.99. The van der Waals surface area contributed by atoms with E-state index in [1.807, 2.05) is 6.92 Å². The summed E-state index contributed by atoms with van der Waals surface area (Å²) in [5.74, 6) is 0.296. The van der Waals surface area contributed by atoms with Gasteiger partial charge < -0.3 is 4.98 Å². The third-order valence-corrected chi connectivity index (χ3v) is 2.42. The van der Waals surface area contributed by atoms with Crippen molar-refractivity contribution in [2.24, 2.45) is 0 Å². The molecule has 0 aliphatic rings. The van der Waals surface area contributed by atoms with Crippen molar-refractivity contribution < 1.29 is 9.59 Å². The summed E-state index contributed by atoms with van der Waals surface area (Å²) >= 11 is 0. The molecule has 2 aromatic rings. The first-order chi connectivity index (χ1) is 8.10. The minimum atomic E-state index is -0.186. The maximum atomic E-state index is 11.5. The van der Waals surface area contributed by atoms with Crippen LogP contribution in [0.5, 0.6) is 0 Å². The molecule has 0 aliphatic carbocycles. The van der Waals surface area contributed by atoms with Gasteiger partial charge in [0.25, 0.3) is 0 Å². The Labute approximate surface area is 98.2 Å². The summed E-state index contributed by atoms with van der Waals surface area (Å²) in [7, 11) is 0. The van der Waals surface area contributed by atoms with E-state index < -0.39 is 0 Å². The van der Waals surface area contributed by atoms with Crippen LogP contribution in [0.1, 0.15) is 30.6 Å². The van der Waals surface area contributed by atoms with Crippen LogP contribution in [0.2, 0.25) is 0 Å². The Balaban J connectivity index is 2.40. The zero-order valence-electron chi connectivity index (χ0n) is 9.70. The van der Waals surface area contributed by atoms with E-state index in [-0.39, 0.29) is 11.7 Å². The molecule has 5 heteroatoms. The molecule has 1 aromatic carbocycles. The molecule has 2 rings (SSSR count). The van der Waals surface area contributed by atoms with Gasteiger partial charge in [-0.05, 0) is 18.2 Å². The van der Waals surface area contributed by atoms with E-state index >= 15 is 0 Å². The molecule has 0 fully saturated rings. The SMILES string of the molecule is CCC(=O)c1ccc2nc(NC(C)=O)[nH]c2c1. The number of H-pyrrole nitrogens is 1. The Hall–Kier alpha value is -2.17. The fourth-order valence-electron chi connectivity index (χ4n) is 1.61. The van der Waals surface area contributed by atoms with Crippen molar-refractivity contribution in [1.82, 2.24) is 9.97 Å². The smallest absolute Gasteiger partial charge is 0.223 e. The first-order valence-corrected chi connectivity index (χ1v) is 5.40. The summed E-state index contributed by atoms with van der Waals surface area (Å²) in [6.07, 6.45) is 0.470. The van der Waals surface area contributed by atoms with Crippen LogP contribution in [0.25, 0.3) is 11.0 Å². The van der Waals surface area contributed by atoms with E-state index in [2.05, 4.69) is 15.3 Å². The van der Waals surface area contributed by atoms with E-state index in [9.17, 15) is 9.59 Å². The number of nitrogens with zero attached hydrogens (tertiary/aromatic N) is 1. The van der Waals surface area contributed by atoms with Crippen molar-refractivity contribution >= 4 is 28.7 Å². The molecule has 0 atom stereocenters. The summed E-state index contributed by atoms with van der Waals surface area (Å²) in [5, 5.41) is 2.57. The lowest BCUT2D eigenvalue weighted by Crippen LogP contribution is -2.06. The number of hydrogen-bond acceptors (Lipinski definition) is 3. The number of fused-ring (bicyclic) bond motifs is 1. The van der Waals surface area contributed by atoms with E-state index in [1.54, 1.807) is 18.2 Å². The lowest BCUT2D eigenvalue weighted by atomic mass is 10.1. The highest BCUT2D eigenvalue weighted by Crippen LogP contribution is 2.17. The number of imidazole rings is 1. The van der Waals surface area contributed by atoms with Crippen LogP contribution in [0.3, 0.4) is 0 Å². The lowest BCUT2D eigenvalue weighted by molar-refractivity contribution is -0.114. The van der Waals surface area contributed by atoms with Crippen LogP contribution in [0, 0.1) is 0 Å². The maximum Gasteiger partial charge on any atom is 0.223 e. The second-order valence-corrected chi connectivity index (χ2v) is 3.78. The average molecular weight is 231 g/mol. The molecule has 0 saturated carbocycles. The van der Waals surface area contributed by atoms with E-state index in [4.69, 9.17) is 0 Å². The molecule has 1 heterocycles. The number of anilines is 1. The van der Waals surface area contributed by atoms with Crippen molar-refractivity contribution in [2.75, 3.05) is 5.32 Å². The number of carbonyl (C=O) groups excluding carboxylic acids is 2. The van der Waals surface area contributed by atoms with Crippen LogP contribution < -0.4 is 5.32 Å². The highest BCUT2D eigenvalue weighted by Gasteiger charge is 2.07. The van der Waals surface area contributed by atoms with E-state index in [1.165, 1.54) is 6.92 Å². The van der Waals surface area contributed by atoms with Gasteiger partial charge in [0, 0.05) is 18.9 Å². The number of amides is 1. The molecule has 0 spiro atoms. The average Bonchev–Trinajstić information content (AvgIpc) is 2.67. The number of carbonyl (C=O) groups is 2. The maximum absolute atomic E-state index is 11.5. The van der Waals surface area contributed by atoms with Crippen LogP contribution in [-0.4, -0.2) is 21.7 Å². The molecule has 5 nitrogen and oxygen atoms in total. The predicted molar refractivity (Wildman–Crippen MR) is 65.0 cm³/mol. The van der Waals surface area contributed by atoms with Crippen molar-refractivity contribution in [2.45, 2.75) is 20.3 Å². The molecule has 1 aromatic heterocycles. The molecule has 88 valence electrons. The van der Waals surface area contributed by atoms with Gasteiger partial charge >= 0.3 is 0 Å². The van der Waals surface area contributed by atoms with Gasteiger partial charge in [-0.1, -0.05) is 6.92 Å². The van der Waals surface area contributed by atoms with Gasteiger partial charge in [-0.15, -0.1) is 0 Å². The molecule has 1 amide bonds. The zero-order chi connectivity index (χ0) is 12.4. The largest absolute Gasteiger partial charge is 0.324 e. The number of nitrogens with one attached hydrogen (secondary N) is 2. The second-order valence-electron chi connectivity index (χ2n) is 3.78. The van der Waals surface area contributed by atoms with Crippen molar-refractivity contribution in [3.8, 4) is 0 Å². The first kappa shape index (κ1) is 11.3. The number of Topliss-reactive ketones (excluding diaryl/α,β-unsaturated/α-hetero) is 1. The summed E-state index contributed by atoms with van der Waals surface area (Å²) in [6, 6.07) is 5.26. The predicted octanol–water partition coefficient (Wildman–Crippen LogP) is 2.11. The fraction of sp³-hybridized carbons (Fsp3) is 0.250.